The first-order valence-electron chi connectivity index (χ1n) is 14.9. The average Bonchev–Trinajstić information content (AvgIpc) is 3.09. The van der Waals surface area contributed by atoms with Gasteiger partial charge in [-0.25, -0.2) is 19.2 Å². The molecule has 4 aromatic rings. The van der Waals surface area contributed by atoms with Crippen LogP contribution in [0.4, 0.5) is 0 Å². The fourth-order valence-corrected chi connectivity index (χ4v) is 4.07. The van der Waals surface area contributed by atoms with Gasteiger partial charge in [0.1, 0.15) is 17.2 Å². The Morgan fingerprint density at radius 2 is 1.10 bits per heavy atom. The summed E-state index contributed by atoms with van der Waals surface area (Å²) in [6.07, 6.45) is 4.91. The molecule has 244 valence electrons. The molecule has 0 N–H and O–H groups in total. The predicted molar refractivity (Wildman–Crippen MR) is 187 cm³/mol. The number of rotatable bonds is 10. The van der Waals surface area contributed by atoms with Crippen molar-refractivity contribution in [2.75, 3.05) is 0 Å². The molecule has 0 aromatic heterocycles. The number of hydrogen-bond donors (Lipinski definition) is 0. The van der Waals surface area contributed by atoms with Crippen LogP contribution in [0.5, 0.6) is 23.0 Å². The molecule has 0 aliphatic carbocycles. The summed E-state index contributed by atoms with van der Waals surface area (Å²) in [5.74, 6) is 4.70. The van der Waals surface area contributed by atoms with Crippen LogP contribution in [0.25, 0.3) is 12.2 Å². The highest BCUT2D eigenvalue weighted by molar-refractivity contribution is 5.95. The van der Waals surface area contributed by atoms with Gasteiger partial charge in [-0.2, -0.15) is 0 Å². The zero-order valence-electron chi connectivity index (χ0n) is 27.2. The SMILES string of the molecule is C=CC(=O)Oc1ccc(OC(=O)c2ccc(C#Cc3ccc(C=Cc4ccc(OC(=O)C(=C)C)cc4)cc3)c(OC(=O)C(=C)C)c2C)cc1. The number of benzene rings is 4. The molecule has 0 saturated heterocycles. The van der Waals surface area contributed by atoms with Gasteiger partial charge in [0, 0.05) is 28.3 Å². The van der Waals surface area contributed by atoms with E-state index in [2.05, 4.69) is 31.6 Å². The van der Waals surface area contributed by atoms with Gasteiger partial charge in [0.25, 0.3) is 0 Å². The minimum absolute atomic E-state index is 0.113. The highest BCUT2D eigenvalue weighted by Gasteiger charge is 2.20. The van der Waals surface area contributed by atoms with Gasteiger partial charge in [-0.3, -0.25) is 0 Å². The maximum absolute atomic E-state index is 13.1. The average molecular weight is 653 g/mol. The lowest BCUT2D eigenvalue weighted by Crippen LogP contribution is -2.15. The van der Waals surface area contributed by atoms with E-state index in [0.29, 0.717) is 28.0 Å². The minimum atomic E-state index is -0.689. The molecule has 49 heavy (non-hydrogen) atoms. The van der Waals surface area contributed by atoms with Crippen LogP contribution in [-0.2, 0) is 14.4 Å². The first-order chi connectivity index (χ1) is 23.4. The van der Waals surface area contributed by atoms with E-state index in [9.17, 15) is 19.2 Å². The number of carbonyl (C=O) groups excluding carboxylic acids is 4. The summed E-state index contributed by atoms with van der Waals surface area (Å²) in [5.41, 5.74) is 3.97. The van der Waals surface area contributed by atoms with E-state index in [0.717, 1.165) is 17.2 Å². The van der Waals surface area contributed by atoms with E-state index in [4.69, 9.17) is 18.9 Å². The first-order valence-corrected chi connectivity index (χ1v) is 14.9. The second-order valence-corrected chi connectivity index (χ2v) is 10.7. The normalized spacial score (nSPS) is 10.3. The third kappa shape index (κ3) is 9.88. The predicted octanol–water partition coefficient (Wildman–Crippen LogP) is 7.84. The van der Waals surface area contributed by atoms with Crippen molar-refractivity contribution in [1.82, 2.24) is 0 Å². The zero-order chi connectivity index (χ0) is 35.5. The Balaban J connectivity index is 1.50. The molecule has 0 heterocycles. The molecule has 0 fully saturated rings. The largest absolute Gasteiger partial charge is 0.423 e. The van der Waals surface area contributed by atoms with Crippen molar-refractivity contribution in [3.8, 4) is 34.8 Å². The Bertz CT molecular complexity index is 2040. The van der Waals surface area contributed by atoms with Crippen molar-refractivity contribution >= 4 is 36.0 Å². The van der Waals surface area contributed by atoms with Crippen LogP contribution >= 0.6 is 0 Å². The van der Waals surface area contributed by atoms with Crippen LogP contribution in [0.15, 0.2) is 122 Å². The molecule has 0 bridgehead atoms. The van der Waals surface area contributed by atoms with E-state index < -0.39 is 23.9 Å². The second kappa shape index (κ2) is 16.2. The van der Waals surface area contributed by atoms with Crippen LogP contribution in [-0.4, -0.2) is 23.9 Å². The highest BCUT2D eigenvalue weighted by Crippen LogP contribution is 2.29. The van der Waals surface area contributed by atoms with Crippen LogP contribution in [0.3, 0.4) is 0 Å². The van der Waals surface area contributed by atoms with Gasteiger partial charge in [-0.05, 0) is 92.6 Å². The zero-order valence-corrected chi connectivity index (χ0v) is 27.2. The highest BCUT2D eigenvalue weighted by atomic mass is 16.5. The van der Waals surface area contributed by atoms with Crippen molar-refractivity contribution in [2.24, 2.45) is 0 Å². The topological polar surface area (TPSA) is 105 Å². The smallest absolute Gasteiger partial charge is 0.343 e. The van der Waals surface area contributed by atoms with Gasteiger partial charge in [0.2, 0.25) is 0 Å². The van der Waals surface area contributed by atoms with E-state index in [1.165, 1.54) is 31.2 Å². The molecule has 0 amide bonds. The van der Waals surface area contributed by atoms with Gasteiger partial charge in [-0.15, -0.1) is 0 Å². The molecule has 0 aliphatic rings. The summed E-state index contributed by atoms with van der Waals surface area (Å²) in [6.45, 7) is 15.3. The second-order valence-electron chi connectivity index (χ2n) is 10.7. The molecule has 8 heteroatoms. The van der Waals surface area contributed by atoms with E-state index >= 15 is 0 Å². The Morgan fingerprint density at radius 1 is 0.612 bits per heavy atom. The van der Waals surface area contributed by atoms with E-state index in [1.54, 1.807) is 38.1 Å². The van der Waals surface area contributed by atoms with Crippen molar-refractivity contribution in [3.05, 3.63) is 155 Å². The number of ether oxygens (including phenoxy) is 4. The Labute approximate surface area is 284 Å². The van der Waals surface area contributed by atoms with Gasteiger partial charge < -0.3 is 18.9 Å². The summed E-state index contributed by atoms with van der Waals surface area (Å²) < 4.78 is 21.4. The molecular formula is C41H32O8. The third-order valence-corrected chi connectivity index (χ3v) is 6.75. The van der Waals surface area contributed by atoms with Crippen molar-refractivity contribution in [2.45, 2.75) is 20.8 Å². The molecule has 0 atom stereocenters. The summed E-state index contributed by atoms with van der Waals surface area (Å²) in [4.78, 5) is 48.7. The molecule has 0 spiro atoms. The van der Waals surface area contributed by atoms with Gasteiger partial charge >= 0.3 is 23.9 Å². The lowest BCUT2D eigenvalue weighted by Gasteiger charge is -2.13. The monoisotopic (exact) mass is 652 g/mol. The van der Waals surface area contributed by atoms with Crippen LogP contribution in [0.1, 0.15) is 52.0 Å². The van der Waals surface area contributed by atoms with Crippen molar-refractivity contribution in [3.63, 3.8) is 0 Å². The van der Waals surface area contributed by atoms with Gasteiger partial charge in [-0.1, -0.05) is 68.0 Å². The molecule has 0 radical (unpaired) electrons. The molecule has 8 nitrogen and oxygen atoms in total. The third-order valence-electron chi connectivity index (χ3n) is 6.75. The van der Waals surface area contributed by atoms with Gasteiger partial charge in [0.05, 0.1) is 11.1 Å². The Hall–Kier alpha value is -6.72. The molecule has 0 unspecified atom stereocenters. The number of esters is 4. The Kier molecular flexibility index (Phi) is 11.6. The summed E-state index contributed by atoms with van der Waals surface area (Å²) >= 11 is 0. The molecule has 0 saturated carbocycles. The van der Waals surface area contributed by atoms with Crippen molar-refractivity contribution < 1.29 is 38.1 Å². The van der Waals surface area contributed by atoms with Gasteiger partial charge in [0.15, 0.2) is 5.75 Å². The Morgan fingerprint density at radius 3 is 1.65 bits per heavy atom. The first kappa shape index (κ1) is 35.1. The van der Waals surface area contributed by atoms with Crippen LogP contribution in [0.2, 0.25) is 0 Å². The summed E-state index contributed by atoms with van der Waals surface area (Å²) in [5, 5.41) is 0. The van der Waals surface area contributed by atoms with Crippen molar-refractivity contribution in [1.29, 1.82) is 0 Å². The lowest BCUT2D eigenvalue weighted by molar-refractivity contribution is -0.131. The number of hydrogen-bond acceptors (Lipinski definition) is 8. The van der Waals surface area contributed by atoms with E-state index in [-0.39, 0.29) is 28.4 Å². The standard InChI is InChI=1S/C41H32O8/c1-7-37(42)46-33-21-23-35(24-22-33)48-41(45)36-25-18-32(38(28(36)6)49-40(44)27(4)5)17-14-30-11-8-29(9-12-30)10-13-31-15-19-34(20-16-31)47-39(43)26(2)3/h7-13,15-16,18-25H,1-2,4H2,3,5-6H3. The molecule has 4 aromatic carbocycles. The molecule has 4 rings (SSSR count). The molecular weight excluding hydrogens is 620 g/mol. The maximum atomic E-state index is 13.1. The summed E-state index contributed by atoms with van der Waals surface area (Å²) in [7, 11) is 0. The maximum Gasteiger partial charge on any atom is 0.343 e. The lowest BCUT2D eigenvalue weighted by atomic mass is 10.0. The summed E-state index contributed by atoms with van der Waals surface area (Å²) in [6, 6.07) is 23.7. The minimum Gasteiger partial charge on any atom is -0.423 e. The quantitative estimate of drug-likeness (QED) is 0.0561. The van der Waals surface area contributed by atoms with Crippen LogP contribution in [0, 0.1) is 18.8 Å². The number of carbonyl (C=O) groups is 4. The fraction of sp³-hybridized carbons (Fsp3) is 0.0732. The van der Waals surface area contributed by atoms with Crippen LogP contribution < -0.4 is 18.9 Å². The molecule has 0 aliphatic heterocycles. The van der Waals surface area contributed by atoms with E-state index in [1.807, 2.05) is 48.6 Å². The fourth-order valence-electron chi connectivity index (χ4n) is 4.07.